The lowest BCUT2D eigenvalue weighted by atomic mass is 10.3. The highest BCUT2D eigenvalue weighted by Crippen LogP contribution is 2.28. The number of nitrogens with zero attached hydrogens (tertiary/aromatic N) is 1. The van der Waals surface area contributed by atoms with Crippen molar-refractivity contribution in [3.05, 3.63) is 47.6 Å². The molecular formula is C13H13ClN2O3S. The molecule has 0 atom stereocenters. The van der Waals surface area contributed by atoms with E-state index < -0.39 is 10.0 Å². The molecule has 0 unspecified atom stereocenters. The average Bonchev–Trinajstić information content (AvgIpc) is 2.42. The summed E-state index contributed by atoms with van der Waals surface area (Å²) >= 11 is 5.98. The molecule has 106 valence electrons. The third-order valence-electron chi connectivity index (χ3n) is 2.42. The van der Waals surface area contributed by atoms with Gasteiger partial charge in [0.25, 0.3) is 10.0 Å². The second-order valence-electron chi connectivity index (χ2n) is 3.85. The molecule has 0 radical (unpaired) electrons. The molecule has 1 heterocycles. The van der Waals surface area contributed by atoms with Gasteiger partial charge in [-0.15, -0.1) is 0 Å². The SMILES string of the molecule is CCOc1ccc(S(=O)(=O)Nc2ccccn2)cc1Cl. The highest BCUT2D eigenvalue weighted by Gasteiger charge is 2.16. The Morgan fingerprint density at radius 3 is 2.70 bits per heavy atom. The highest BCUT2D eigenvalue weighted by atomic mass is 35.5. The summed E-state index contributed by atoms with van der Waals surface area (Å²) in [6.07, 6.45) is 1.50. The summed E-state index contributed by atoms with van der Waals surface area (Å²) in [4.78, 5) is 3.96. The monoisotopic (exact) mass is 312 g/mol. The molecule has 0 amide bonds. The summed E-state index contributed by atoms with van der Waals surface area (Å²) in [5, 5.41) is 0.246. The van der Waals surface area contributed by atoms with Crippen molar-refractivity contribution in [3.8, 4) is 5.75 Å². The van der Waals surface area contributed by atoms with Gasteiger partial charge in [0.15, 0.2) is 0 Å². The molecule has 0 saturated heterocycles. The van der Waals surface area contributed by atoms with Crippen molar-refractivity contribution in [2.45, 2.75) is 11.8 Å². The van der Waals surface area contributed by atoms with Gasteiger partial charge in [-0.2, -0.15) is 0 Å². The second kappa shape index (κ2) is 6.11. The second-order valence-corrected chi connectivity index (χ2v) is 5.94. The van der Waals surface area contributed by atoms with Gasteiger partial charge >= 0.3 is 0 Å². The molecule has 1 aromatic carbocycles. The molecule has 1 aromatic heterocycles. The number of sulfonamides is 1. The van der Waals surface area contributed by atoms with Gasteiger partial charge in [-0.1, -0.05) is 17.7 Å². The molecule has 5 nitrogen and oxygen atoms in total. The molecule has 0 bridgehead atoms. The van der Waals surface area contributed by atoms with Gasteiger partial charge in [0.05, 0.1) is 16.5 Å². The third kappa shape index (κ3) is 3.40. The maximum Gasteiger partial charge on any atom is 0.263 e. The van der Waals surface area contributed by atoms with Gasteiger partial charge in [-0.3, -0.25) is 4.72 Å². The largest absolute Gasteiger partial charge is 0.492 e. The van der Waals surface area contributed by atoms with Crippen molar-refractivity contribution in [2.24, 2.45) is 0 Å². The molecule has 20 heavy (non-hydrogen) atoms. The molecule has 0 aliphatic heterocycles. The van der Waals surface area contributed by atoms with E-state index in [4.69, 9.17) is 16.3 Å². The van der Waals surface area contributed by atoms with Crippen LogP contribution in [0, 0.1) is 0 Å². The molecule has 0 fully saturated rings. The molecule has 0 spiro atoms. The minimum Gasteiger partial charge on any atom is -0.492 e. The minimum atomic E-state index is -3.72. The minimum absolute atomic E-state index is 0.0524. The number of pyridine rings is 1. The summed E-state index contributed by atoms with van der Waals surface area (Å²) in [5.41, 5.74) is 0. The Morgan fingerprint density at radius 2 is 2.10 bits per heavy atom. The fraction of sp³-hybridized carbons (Fsp3) is 0.154. The Hall–Kier alpha value is -1.79. The molecule has 2 rings (SSSR count). The van der Waals surface area contributed by atoms with E-state index in [-0.39, 0.29) is 15.7 Å². The van der Waals surface area contributed by atoms with E-state index in [9.17, 15) is 8.42 Å². The number of aromatic nitrogens is 1. The standard InChI is InChI=1S/C13H13ClN2O3S/c1-2-19-12-7-6-10(9-11(12)14)20(17,18)16-13-5-3-4-8-15-13/h3-9H,2H2,1H3,(H,15,16). The number of halogens is 1. The lowest BCUT2D eigenvalue weighted by Gasteiger charge is -2.09. The Bertz CT molecular complexity index is 690. The van der Waals surface area contributed by atoms with Crippen LogP contribution in [0.25, 0.3) is 0 Å². The van der Waals surface area contributed by atoms with Crippen LogP contribution in [0.2, 0.25) is 5.02 Å². The molecule has 0 aliphatic rings. The summed E-state index contributed by atoms with van der Waals surface area (Å²) in [5.74, 6) is 0.698. The predicted molar refractivity (Wildman–Crippen MR) is 77.7 cm³/mol. The van der Waals surface area contributed by atoms with Crippen molar-refractivity contribution in [1.29, 1.82) is 0 Å². The van der Waals surface area contributed by atoms with Crippen LogP contribution in [0.5, 0.6) is 5.75 Å². The first-order valence-corrected chi connectivity index (χ1v) is 7.75. The van der Waals surface area contributed by atoms with Crippen molar-refractivity contribution >= 4 is 27.4 Å². The van der Waals surface area contributed by atoms with Crippen molar-refractivity contribution < 1.29 is 13.2 Å². The van der Waals surface area contributed by atoms with Crippen LogP contribution in [0.1, 0.15) is 6.92 Å². The lowest BCUT2D eigenvalue weighted by Crippen LogP contribution is -2.13. The maximum absolute atomic E-state index is 12.2. The topological polar surface area (TPSA) is 68.3 Å². The number of ether oxygens (including phenoxy) is 1. The normalized spacial score (nSPS) is 11.1. The quantitative estimate of drug-likeness (QED) is 0.921. The van der Waals surface area contributed by atoms with Crippen LogP contribution < -0.4 is 9.46 Å². The first kappa shape index (κ1) is 14.6. The Balaban J connectivity index is 2.28. The van der Waals surface area contributed by atoms with Crippen LogP contribution in [0.15, 0.2) is 47.5 Å². The van der Waals surface area contributed by atoms with Crippen molar-refractivity contribution in [1.82, 2.24) is 4.98 Å². The molecule has 0 aliphatic carbocycles. The first-order chi connectivity index (χ1) is 9.53. The lowest BCUT2D eigenvalue weighted by molar-refractivity contribution is 0.340. The van der Waals surface area contributed by atoms with Crippen molar-refractivity contribution in [2.75, 3.05) is 11.3 Å². The Morgan fingerprint density at radius 1 is 1.30 bits per heavy atom. The van der Waals surface area contributed by atoms with E-state index in [1.165, 1.54) is 24.4 Å². The maximum atomic E-state index is 12.2. The fourth-order valence-electron chi connectivity index (χ4n) is 1.54. The van der Waals surface area contributed by atoms with Crippen LogP contribution in [-0.2, 0) is 10.0 Å². The predicted octanol–water partition coefficient (Wildman–Crippen LogP) is 2.93. The fourth-order valence-corrected chi connectivity index (χ4v) is 2.87. The molecule has 2 aromatic rings. The van der Waals surface area contributed by atoms with Crippen molar-refractivity contribution in [3.63, 3.8) is 0 Å². The Labute approximate surface area is 122 Å². The number of anilines is 1. The van der Waals surface area contributed by atoms with Gasteiger partial charge in [0.1, 0.15) is 11.6 Å². The molecule has 7 heteroatoms. The number of hydrogen-bond donors (Lipinski definition) is 1. The number of rotatable bonds is 5. The van der Waals surface area contributed by atoms with Gasteiger partial charge in [0, 0.05) is 6.20 Å². The third-order valence-corrected chi connectivity index (χ3v) is 4.07. The van der Waals surface area contributed by atoms with Crippen LogP contribution >= 0.6 is 11.6 Å². The number of benzene rings is 1. The first-order valence-electron chi connectivity index (χ1n) is 5.89. The number of hydrogen-bond acceptors (Lipinski definition) is 4. The summed E-state index contributed by atoms with van der Waals surface area (Å²) in [7, 11) is -3.72. The van der Waals surface area contributed by atoms with Gasteiger partial charge in [-0.05, 0) is 37.3 Å². The average molecular weight is 313 g/mol. The molecular weight excluding hydrogens is 300 g/mol. The summed E-state index contributed by atoms with van der Waals surface area (Å²) in [6, 6.07) is 9.26. The van der Waals surface area contributed by atoms with Gasteiger partial charge in [-0.25, -0.2) is 13.4 Å². The van der Waals surface area contributed by atoms with E-state index in [1.807, 2.05) is 6.92 Å². The molecule has 0 saturated carbocycles. The smallest absolute Gasteiger partial charge is 0.263 e. The van der Waals surface area contributed by atoms with E-state index >= 15 is 0 Å². The van der Waals surface area contributed by atoms with E-state index in [2.05, 4.69) is 9.71 Å². The summed E-state index contributed by atoms with van der Waals surface area (Å²) in [6.45, 7) is 2.28. The van der Waals surface area contributed by atoms with Gasteiger partial charge in [0.2, 0.25) is 0 Å². The zero-order chi connectivity index (χ0) is 14.6. The Kier molecular flexibility index (Phi) is 4.46. The van der Waals surface area contributed by atoms with E-state index in [0.717, 1.165) is 0 Å². The van der Waals surface area contributed by atoms with E-state index in [1.54, 1.807) is 18.2 Å². The van der Waals surface area contributed by atoms with E-state index in [0.29, 0.717) is 12.4 Å². The highest BCUT2D eigenvalue weighted by molar-refractivity contribution is 7.92. The van der Waals surface area contributed by atoms with Gasteiger partial charge < -0.3 is 4.74 Å². The van der Waals surface area contributed by atoms with Crippen LogP contribution in [-0.4, -0.2) is 20.0 Å². The zero-order valence-electron chi connectivity index (χ0n) is 10.7. The van der Waals surface area contributed by atoms with Crippen LogP contribution in [0.4, 0.5) is 5.82 Å². The van der Waals surface area contributed by atoms with Crippen LogP contribution in [0.3, 0.4) is 0 Å². The summed E-state index contributed by atoms with van der Waals surface area (Å²) < 4.78 is 32.0. The molecule has 1 N–H and O–H groups in total. The zero-order valence-corrected chi connectivity index (χ0v) is 12.3. The number of nitrogens with one attached hydrogen (secondary N) is 1.